The van der Waals surface area contributed by atoms with Crippen LogP contribution in [0.1, 0.15) is 30.7 Å². The number of amides is 1. The van der Waals surface area contributed by atoms with E-state index in [1.54, 1.807) is 0 Å². The van der Waals surface area contributed by atoms with Crippen LogP contribution in [0, 0.1) is 5.92 Å². The van der Waals surface area contributed by atoms with Crippen molar-refractivity contribution in [3.8, 4) is 0 Å². The van der Waals surface area contributed by atoms with Gasteiger partial charge in [-0.25, -0.2) is 0 Å². The first-order valence-electron chi connectivity index (χ1n) is 6.23. The van der Waals surface area contributed by atoms with Crippen molar-refractivity contribution in [2.24, 2.45) is 5.92 Å². The van der Waals surface area contributed by atoms with Crippen LogP contribution in [0.15, 0.2) is 24.3 Å². The predicted molar refractivity (Wildman–Crippen MR) is 75.9 cm³/mol. The van der Waals surface area contributed by atoms with E-state index >= 15 is 0 Å². The van der Waals surface area contributed by atoms with Gasteiger partial charge in [0.25, 0.3) is 0 Å². The van der Waals surface area contributed by atoms with E-state index in [1.807, 2.05) is 38.1 Å². The molecule has 0 bridgehead atoms. The number of nitrogens with one attached hydrogen (secondary N) is 1. The van der Waals surface area contributed by atoms with Crippen molar-refractivity contribution < 1.29 is 9.53 Å². The van der Waals surface area contributed by atoms with Crippen molar-refractivity contribution in [3.63, 3.8) is 0 Å². The van der Waals surface area contributed by atoms with Gasteiger partial charge in [-0.2, -0.15) is 0 Å². The molecule has 1 fully saturated rings. The summed E-state index contributed by atoms with van der Waals surface area (Å²) >= 11 is 3.54. The van der Waals surface area contributed by atoms with Crippen LogP contribution in [0.25, 0.3) is 0 Å². The Labute approximate surface area is 116 Å². The van der Waals surface area contributed by atoms with Gasteiger partial charge in [0.2, 0.25) is 5.91 Å². The molecule has 0 radical (unpaired) electrons. The number of alkyl halides is 1. The number of para-hydroxylation sites is 1. The summed E-state index contributed by atoms with van der Waals surface area (Å²) in [5.74, 6) is 0.0265. The molecule has 98 valence electrons. The number of ether oxygens (including phenoxy) is 1. The Morgan fingerprint density at radius 2 is 2.22 bits per heavy atom. The van der Waals surface area contributed by atoms with Crippen molar-refractivity contribution in [1.29, 1.82) is 0 Å². The van der Waals surface area contributed by atoms with Gasteiger partial charge in [-0.1, -0.05) is 34.1 Å². The lowest BCUT2D eigenvalue weighted by atomic mass is 10.0. The molecule has 3 unspecified atom stereocenters. The van der Waals surface area contributed by atoms with Gasteiger partial charge < -0.3 is 10.1 Å². The molecule has 3 nitrogen and oxygen atoms in total. The minimum Gasteiger partial charge on any atom is -0.378 e. The lowest BCUT2D eigenvalue weighted by molar-refractivity contribution is -0.119. The van der Waals surface area contributed by atoms with Crippen LogP contribution in [-0.4, -0.2) is 18.6 Å². The van der Waals surface area contributed by atoms with Crippen LogP contribution < -0.4 is 5.32 Å². The standard InChI is InChI=1S/C14H18BrNO2/c1-9-7-11(8-18-9)14(17)16-13-6-4-3-5-12(13)10(2)15/h3-6,9-11H,7-8H2,1-2H3,(H,16,17). The van der Waals surface area contributed by atoms with Gasteiger partial charge in [0.15, 0.2) is 0 Å². The summed E-state index contributed by atoms with van der Waals surface area (Å²) < 4.78 is 5.43. The largest absolute Gasteiger partial charge is 0.378 e. The van der Waals surface area contributed by atoms with Crippen LogP contribution in [0.5, 0.6) is 0 Å². The third-order valence-electron chi connectivity index (χ3n) is 3.22. The van der Waals surface area contributed by atoms with Gasteiger partial charge in [-0.3, -0.25) is 4.79 Å². The molecule has 0 aromatic heterocycles. The maximum Gasteiger partial charge on any atom is 0.229 e. The van der Waals surface area contributed by atoms with E-state index in [-0.39, 0.29) is 22.8 Å². The van der Waals surface area contributed by atoms with Crippen molar-refractivity contribution in [3.05, 3.63) is 29.8 Å². The normalized spacial score (nSPS) is 24.8. The molecule has 1 N–H and O–H groups in total. The second kappa shape index (κ2) is 5.85. The predicted octanol–water partition coefficient (Wildman–Crippen LogP) is 3.51. The monoisotopic (exact) mass is 311 g/mol. The molecule has 3 atom stereocenters. The van der Waals surface area contributed by atoms with Crippen LogP contribution >= 0.6 is 15.9 Å². The molecule has 0 saturated carbocycles. The summed E-state index contributed by atoms with van der Waals surface area (Å²) in [5.41, 5.74) is 1.98. The molecular weight excluding hydrogens is 294 g/mol. The Kier molecular flexibility index (Phi) is 4.40. The number of carbonyl (C=O) groups is 1. The summed E-state index contributed by atoms with van der Waals surface area (Å²) in [6.45, 7) is 4.58. The van der Waals surface area contributed by atoms with Crippen molar-refractivity contribution in [2.75, 3.05) is 11.9 Å². The quantitative estimate of drug-likeness (QED) is 0.868. The second-order valence-corrected chi connectivity index (χ2v) is 6.14. The fraction of sp³-hybridized carbons (Fsp3) is 0.500. The number of benzene rings is 1. The van der Waals surface area contributed by atoms with Crippen LogP contribution in [0.3, 0.4) is 0 Å². The highest BCUT2D eigenvalue weighted by Crippen LogP contribution is 2.29. The third kappa shape index (κ3) is 3.12. The molecule has 0 spiro atoms. The van der Waals surface area contributed by atoms with Gasteiger partial charge in [0.05, 0.1) is 18.6 Å². The van der Waals surface area contributed by atoms with Gasteiger partial charge in [0.1, 0.15) is 0 Å². The summed E-state index contributed by atoms with van der Waals surface area (Å²) in [6, 6.07) is 7.86. The second-order valence-electron chi connectivity index (χ2n) is 4.77. The molecule has 1 aromatic rings. The first-order chi connectivity index (χ1) is 8.58. The molecule has 1 saturated heterocycles. The topological polar surface area (TPSA) is 38.3 Å². The van der Waals surface area contributed by atoms with Gasteiger partial charge >= 0.3 is 0 Å². The molecule has 1 heterocycles. The van der Waals surface area contributed by atoms with E-state index in [4.69, 9.17) is 4.74 Å². The molecule has 2 rings (SSSR count). The molecule has 1 amide bonds. The van der Waals surface area contributed by atoms with Crippen LogP contribution in [-0.2, 0) is 9.53 Å². The minimum atomic E-state index is -0.0290. The van der Waals surface area contributed by atoms with E-state index in [0.717, 1.165) is 17.7 Å². The number of anilines is 1. The van der Waals surface area contributed by atoms with Crippen molar-refractivity contribution in [1.82, 2.24) is 0 Å². The number of rotatable bonds is 3. The smallest absolute Gasteiger partial charge is 0.229 e. The average molecular weight is 312 g/mol. The summed E-state index contributed by atoms with van der Waals surface area (Å²) in [7, 11) is 0. The van der Waals surface area contributed by atoms with Gasteiger partial charge in [0, 0.05) is 10.5 Å². The zero-order valence-electron chi connectivity index (χ0n) is 10.7. The van der Waals surface area contributed by atoms with E-state index in [2.05, 4.69) is 21.2 Å². The molecule has 4 heteroatoms. The molecule has 1 aliphatic rings. The minimum absolute atomic E-state index is 0.0290. The van der Waals surface area contributed by atoms with Gasteiger partial charge in [-0.15, -0.1) is 0 Å². The maximum absolute atomic E-state index is 12.1. The fourth-order valence-electron chi connectivity index (χ4n) is 2.19. The molecule has 18 heavy (non-hydrogen) atoms. The Hall–Kier alpha value is -0.870. The third-order valence-corrected chi connectivity index (χ3v) is 3.71. The van der Waals surface area contributed by atoms with Gasteiger partial charge in [-0.05, 0) is 31.9 Å². The average Bonchev–Trinajstić information content (AvgIpc) is 2.76. The summed E-state index contributed by atoms with van der Waals surface area (Å²) in [6.07, 6.45) is 0.990. The molecular formula is C14H18BrNO2. The first-order valence-corrected chi connectivity index (χ1v) is 7.15. The highest BCUT2D eigenvalue weighted by atomic mass is 79.9. The fourth-order valence-corrected chi connectivity index (χ4v) is 2.59. The lowest BCUT2D eigenvalue weighted by Gasteiger charge is -2.14. The Bertz CT molecular complexity index is 434. The van der Waals surface area contributed by atoms with E-state index in [1.165, 1.54) is 0 Å². The molecule has 0 aliphatic carbocycles. The summed E-state index contributed by atoms with van der Waals surface area (Å²) in [5, 5.41) is 3.01. The molecule has 1 aromatic carbocycles. The zero-order valence-corrected chi connectivity index (χ0v) is 12.2. The van der Waals surface area contributed by atoms with Crippen LogP contribution in [0.2, 0.25) is 0 Å². The Morgan fingerprint density at radius 1 is 1.50 bits per heavy atom. The van der Waals surface area contributed by atoms with Crippen LogP contribution in [0.4, 0.5) is 5.69 Å². The van der Waals surface area contributed by atoms with Crippen molar-refractivity contribution >= 4 is 27.5 Å². The van der Waals surface area contributed by atoms with E-state index < -0.39 is 0 Å². The highest BCUT2D eigenvalue weighted by Gasteiger charge is 2.28. The number of halogens is 1. The van der Waals surface area contributed by atoms with E-state index in [9.17, 15) is 4.79 Å². The zero-order chi connectivity index (χ0) is 13.1. The lowest BCUT2D eigenvalue weighted by Crippen LogP contribution is -2.23. The number of carbonyl (C=O) groups excluding carboxylic acids is 1. The number of hydrogen-bond donors (Lipinski definition) is 1. The first kappa shape index (κ1) is 13.6. The summed E-state index contributed by atoms with van der Waals surface area (Å²) in [4.78, 5) is 12.3. The Morgan fingerprint density at radius 3 is 2.83 bits per heavy atom. The Balaban J connectivity index is 2.07. The SMILES string of the molecule is CC1CC(C(=O)Nc2ccccc2C(C)Br)CO1. The van der Waals surface area contributed by atoms with E-state index in [0.29, 0.717) is 6.61 Å². The van der Waals surface area contributed by atoms with Crippen molar-refractivity contribution in [2.45, 2.75) is 31.2 Å². The molecule has 1 aliphatic heterocycles. The number of hydrogen-bond acceptors (Lipinski definition) is 2. The maximum atomic E-state index is 12.1. The highest BCUT2D eigenvalue weighted by molar-refractivity contribution is 9.09.